The van der Waals surface area contributed by atoms with Gasteiger partial charge in [-0.2, -0.15) is 0 Å². The zero-order valence-electron chi connectivity index (χ0n) is 22.1. The van der Waals surface area contributed by atoms with Gasteiger partial charge in [0.1, 0.15) is 11.6 Å². The number of halogens is 2. The first-order chi connectivity index (χ1) is 19.9. The second-order valence-electron chi connectivity index (χ2n) is 9.59. The minimum absolute atomic E-state index is 0.0349. The maximum Gasteiger partial charge on any atom is 0.265 e. The highest BCUT2D eigenvalue weighted by Crippen LogP contribution is 2.27. The maximum atomic E-state index is 14.3. The summed E-state index contributed by atoms with van der Waals surface area (Å²) >= 11 is 1.32. The number of carbonyl (C=O) groups excluding carboxylic acids is 3. The number of anilines is 2. The molecule has 0 spiro atoms. The van der Waals surface area contributed by atoms with Crippen molar-refractivity contribution in [2.24, 2.45) is 0 Å². The second kappa shape index (κ2) is 12.7. The third-order valence-electron chi connectivity index (χ3n) is 6.84. The smallest absolute Gasteiger partial charge is 0.265 e. The molecule has 3 aromatic carbocycles. The minimum Gasteiger partial charge on any atom is -0.369 e. The van der Waals surface area contributed by atoms with Gasteiger partial charge >= 0.3 is 0 Å². The van der Waals surface area contributed by atoms with E-state index in [0.717, 1.165) is 5.56 Å². The molecule has 210 valence electrons. The van der Waals surface area contributed by atoms with Crippen LogP contribution in [0.4, 0.5) is 20.2 Å². The van der Waals surface area contributed by atoms with E-state index in [4.69, 9.17) is 0 Å². The first kappa shape index (κ1) is 28.0. The second-order valence-corrected chi connectivity index (χ2v) is 10.5. The molecule has 0 aliphatic carbocycles. The number of hydrogen-bond acceptors (Lipinski definition) is 5. The molecule has 41 heavy (non-hydrogen) atoms. The van der Waals surface area contributed by atoms with Crippen molar-refractivity contribution in [2.45, 2.75) is 13.0 Å². The number of nitrogens with one attached hydrogen (secondary N) is 2. The number of rotatable bonds is 7. The van der Waals surface area contributed by atoms with E-state index in [1.807, 2.05) is 10.3 Å². The molecule has 1 saturated heterocycles. The van der Waals surface area contributed by atoms with Crippen LogP contribution in [0.2, 0.25) is 0 Å². The van der Waals surface area contributed by atoms with Gasteiger partial charge in [-0.15, -0.1) is 11.3 Å². The van der Waals surface area contributed by atoms with Crippen LogP contribution in [-0.4, -0.2) is 48.8 Å². The highest BCUT2D eigenvalue weighted by molar-refractivity contribution is 7.12. The van der Waals surface area contributed by atoms with E-state index in [1.54, 1.807) is 59.5 Å². The van der Waals surface area contributed by atoms with Gasteiger partial charge in [0.05, 0.1) is 16.0 Å². The van der Waals surface area contributed by atoms with Crippen molar-refractivity contribution in [1.82, 2.24) is 10.2 Å². The molecule has 1 aliphatic rings. The lowest BCUT2D eigenvalue weighted by atomic mass is 10.1. The third kappa shape index (κ3) is 6.78. The molecule has 4 aromatic rings. The molecule has 1 aliphatic heterocycles. The van der Waals surface area contributed by atoms with E-state index >= 15 is 0 Å². The van der Waals surface area contributed by atoms with Crippen molar-refractivity contribution < 1.29 is 23.2 Å². The van der Waals surface area contributed by atoms with Crippen molar-refractivity contribution in [1.29, 1.82) is 0 Å². The fourth-order valence-corrected chi connectivity index (χ4v) is 5.34. The Bertz CT molecular complexity index is 1540. The van der Waals surface area contributed by atoms with Gasteiger partial charge in [0.15, 0.2) is 0 Å². The molecule has 0 bridgehead atoms. The van der Waals surface area contributed by atoms with E-state index in [-0.39, 0.29) is 35.6 Å². The van der Waals surface area contributed by atoms with Crippen LogP contribution in [0.5, 0.6) is 0 Å². The molecule has 7 nitrogen and oxygen atoms in total. The Morgan fingerprint density at radius 1 is 0.805 bits per heavy atom. The van der Waals surface area contributed by atoms with Crippen molar-refractivity contribution >= 4 is 40.4 Å². The monoisotopic (exact) mass is 574 g/mol. The zero-order valence-corrected chi connectivity index (χ0v) is 22.9. The molecule has 10 heteroatoms. The van der Waals surface area contributed by atoms with Crippen LogP contribution in [-0.2, 0) is 6.54 Å². The topological polar surface area (TPSA) is 81.8 Å². The fourth-order valence-electron chi connectivity index (χ4n) is 4.72. The minimum atomic E-state index is -0.557. The van der Waals surface area contributed by atoms with Crippen LogP contribution in [0.15, 0.2) is 84.2 Å². The number of carbonyl (C=O) groups is 3. The van der Waals surface area contributed by atoms with Crippen LogP contribution in [0.25, 0.3) is 0 Å². The van der Waals surface area contributed by atoms with Crippen molar-refractivity contribution in [3.05, 3.63) is 117 Å². The summed E-state index contributed by atoms with van der Waals surface area (Å²) < 4.78 is 27.6. The Balaban J connectivity index is 1.36. The Morgan fingerprint density at radius 3 is 2.37 bits per heavy atom. The van der Waals surface area contributed by atoms with E-state index < -0.39 is 5.82 Å². The molecule has 0 unspecified atom stereocenters. The zero-order chi connectivity index (χ0) is 28.8. The lowest BCUT2D eigenvalue weighted by Crippen LogP contribution is -2.36. The van der Waals surface area contributed by atoms with Gasteiger partial charge in [-0.25, -0.2) is 8.78 Å². The Labute approximate surface area is 240 Å². The number of nitrogens with zero attached hydrogens (tertiary/aromatic N) is 2. The fraction of sp³-hybridized carbons (Fsp3) is 0.194. The molecular formula is C31H28F2N4O3S. The number of benzene rings is 3. The van der Waals surface area contributed by atoms with Gasteiger partial charge in [-0.1, -0.05) is 30.3 Å². The molecule has 5 rings (SSSR count). The summed E-state index contributed by atoms with van der Waals surface area (Å²) in [6, 6.07) is 20.5. The van der Waals surface area contributed by atoms with Crippen LogP contribution in [0.1, 0.15) is 42.4 Å². The number of amides is 3. The van der Waals surface area contributed by atoms with Gasteiger partial charge in [0.25, 0.3) is 17.7 Å². The van der Waals surface area contributed by atoms with Gasteiger partial charge in [0, 0.05) is 44.1 Å². The van der Waals surface area contributed by atoms with E-state index in [2.05, 4.69) is 10.6 Å². The molecule has 0 radical (unpaired) electrons. The third-order valence-corrected chi connectivity index (χ3v) is 7.71. The van der Waals surface area contributed by atoms with Crippen LogP contribution in [0.3, 0.4) is 0 Å². The molecule has 0 saturated carbocycles. The Hall–Kier alpha value is -4.57. The van der Waals surface area contributed by atoms with E-state index in [9.17, 15) is 23.2 Å². The normalized spacial score (nSPS) is 13.4. The quantitative estimate of drug-likeness (QED) is 0.303. The lowest BCUT2D eigenvalue weighted by molar-refractivity contribution is 0.0761. The molecule has 0 atom stereocenters. The molecule has 2 N–H and O–H groups in total. The standard InChI is InChI=1S/C31H28F2N4O3S/c32-22-10-8-21(9-11-22)20-34-29(38)25-19-23(35-30(39)28-7-3-18-41-28)12-13-27(25)36-14-4-15-37(17-16-36)31(40)24-5-1-2-6-26(24)33/h1-3,5-13,18-19H,4,14-17,20H2,(H,34,38)(H,35,39). The van der Waals surface area contributed by atoms with Crippen LogP contribution < -0.4 is 15.5 Å². The first-order valence-corrected chi connectivity index (χ1v) is 14.1. The molecule has 2 heterocycles. The van der Waals surface area contributed by atoms with Gasteiger partial charge < -0.3 is 20.4 Å². The molecule has 1 fully saturated rings. The average molecular weight is 575 g/mol. The highest BCUT2D eigenvalue weighted by atomic mass is 32.1. The summed E-state index contributed by atoms with van der Waals surface area (Å²) in [5.74, 6) is -1.92. The van der Waals surface area contributed by atoms with Gasteiger partial charge in [-0.05, 0) is 65.9 Å². The van der Waals surface area contributed by atoms with Gasteiger partial charge in [-0.3, -0.25) is 14.4 Å². The summed E-state index contributed by atoms with van der Waals surface area (Å²) in [6.07, 6.45) is 0.619. The first-order valence-electron chi connectivity index (χ1n) is 13.2. The van der Waals surface area contributed by atoms with Crippen LogP contribution >= 0.6 is 11.3 Å². The van der Waals surface area contributed by atoms with Crippen molar-refractivity contribution in [2.75, 3.05) is 36.4 Å². The van der Waals surface area contributed by atoms with E-state index in [0.29, 0.717) is 54.4 Å². The largest absolute Gasteiger partial charge is 0.369 e. The SMILES string of the molecule is O=C(Nc1ccc(N2CCCN(C(=O)c3ccccc3F)CC2)c(C(=O)NCc2ccc(F)cc2)c1)c1cccs1. The number of thiophene rings is 1. The Morgan fingerprint density at radius 2 is 1.61 bits per heavy atom. The van der Waals surface area contributed by atoms with Crippen molar-refractivity contribution in [3.63, 3.8) is 0 Å². The predicted molar refractivity (Wildman–Crippen MR) is 155 cm³/mol. The van der Waals surface area contributed by atoms with E-state index in [1.165, 1.54) is 35.6 Å². The predicted octanol–water partition coefficient (Wildman–Crippen LogP) is 5.56. The average Bonchev–Trinajstić information content (AvgIpc) is 3.42. The summed E-state index contributed by atoms with van der Waals surface area (Å²) in [5.41, 5.74) is 2.24. The lowest BCUT2D eigenvalue weighted by Gasteiger charge is -2.26. The molecular weight excluding hydrogens is 546 g/mol. The summed E-state index contributed by atoms with van der Waals surface area (Å²) in [4.78, 5) is 43.3. The Kier molecular flexibility index (Phi) is 8.69. The summed E-state index contributed by atoms with van der Waals surface area (Å²) in [7, 11) is 0. The molecule has 3 amide bonds. The summed E-state index contributed by atoms with van der Waals surface area (Å²) in [5, 5.41) is 7.55. The van der Waals surface area contributed by atoms with Gasteiger partial charge in [0.2, 0.25) is 0 Å². The highest BCUT2D eigenvalue weighted by Gasteiger charge is 2.25. The van der Waals surface area contributed by atoms with Crippen molar-refractivity contribution in [3.8, 4) is 0 Å². The maximum absolute atomic E-state index is 14.3. The van der Waals surface area contributed by atoms with Crippen LogP contribution in [0, 0.1) is 11.6 Å². The molecule has 1 aromatic heterocycles. The number of hydrogen-bond donors (Lipinski definition) is 2. The summed E-state index contributed by atoms with van der Waals surface area (Å²) in [6.45, 7) is 1.99.